The number of fused-ring (bicyclic) bond motifs is 2. The SMILES string of the molecule is NCC1CC2CC(C1)C2. The van der Waals surface area contributed by atoms with Crippen LogP contribution in [-0.4, -0.2) is 6.54 Å². The third-order valence-corrected chi connectivity index (χ3v) is 3.00. The number of hydrogen-bond donors (Lipinski definition) is 1. The molecule has 0 spiro atoms. The summed E-state index contributed by atoms with van der Waals surface area (Å²) >= 11 is 0. The molecule has 0 saturated heterocycles. The van der Waals surface area contributed by atoms with Gasteiger partial charge in [-0.15, -0.1) is 0 Å². The third-order valence-electron chi connectivity index (χ3n) is 3.00. The second-order valence-electron chi connectivity index (χ2n) is 3.78. The number of rotatable bonds is 1. The maximum absolute atomic E-state index is 5.59. The van der Waals surface area contributed by atoms with Crippen LogP contribution in [0.25, 0.3) is 0 Å². The lowest BCUT2D eigenvalue weighted by Crippen LogP contribution is -2.36. The van der Waals surface area contributed by atoms with Crippen molar-refractivity contribution < 1.29 is 0 Å². The van der Waals surface area contributed by atoms with E-state index in [4.69, 9.17) is 5.73 Å². The van der Waals surface area contributed by atoms with Crippen LogP contribution in [0.1, 0.15) is 25.7 Å². The monoisotopic (exact) mass is 125 g/mol. The zero-order chi connectivity index (χ0) is 6.27. The van der Waals surface area contributed by atoms with E-state index in [1.807, 2.05) is 0 Å². The molecule has 0 aromatic rings. The van der Waals surface area contributed by atoms with Crippen molar-refractivity contribution in [1.82, 2.24) is 0 Å². The Morgan fingerprint density at radius 1 is 1.00 bits per heavy atom. The van der Waals surface area contributed by atoms with Gasteiger partial charge in [-0.2, -0.15) is 0 Å². The van der Waals surface area contributed by atoms with Gasteiger partial charge >= 0.3 is 0 Å². The highest BCUT2D eigenvalue weighted by Gasteiger charge is 2.37. The molecule has 52 valence electrons. The van der Waals surface area contributed by atoms with Crippen LogP contribution in [0.3, 0.4) is 0 Å². The van der Waals surface area contributed by atoms with Crippen LogP contribution in [0.4, 0.5) is 0 Å². The van der Waals surface area contributed by atoms with Gasteiger partial charge in [0.1, 0.15) is 0 Å². The van der Waals surface area contributed by atoms with Gasteiger partial charge in [0.2, 0.25) is 0 Å². The summed E-state index contributed by atoms with van der Waals surface area (Å²) in [5.74, 6) is 3.05. The molecular formula is C8H15N. The van der Waals surface area contributed by atoms with Crippen molar-refractivity contribution in [2.24, 2.45) is 23.5 Å². The highest BCUT2D eigenvalue weighted by molar-refractivity contribution is 4.88. The standard InChI is InChI=1S/C8H15N/c9-5-8-3-6-1-7(2-6)4-8/h6-8H,1-5,9H2. The molecule has 1 heteroatoms. The molecule has 0 unspecified atom stereocenters. The fourth-order valence-electron chi connectivity index (χ4n) is 2.49. The molecule has 3 aliphatic carbocycles. The average molecular weight is 125 g/mol. The minimum Gasteiger partial charge on any atom is -0.330 e. The lowest BCUT2D eigenvalue weighted by atomic mass is 9.61. The first-order chi connectivity index (χ1) is 4.38. The van der Waals surface area contributed by atoms with Gasteiger partial charge in [-0.1, -0.05) is 0 Å². The van der Waals surface area contributed by atoms with Gasteiger partial charge in [0.05, 0.1) is 0 Å². The van der Waals surface area contributed by atoms with Crippen LogP contribution >= 0.6 is 0 Å². The van der Waals surface area contributed by atoms with E-state index in [9.17, 15) is 0 Å². The Balaban J connectivity index is 1.89. The lowest BCUT2D eigenvalue weighted by molar-refractivity contribution is 0.0709. The van der Waals surface area contributed by atoms with Crippen LogP contribution in [0.5, 0.6) is 0 Å². The first-order valence-corrected chi connectivity index (χ1v) is 4.08. The van der Waals surface area contributed by atoms with Crippen LogP contribution < -0.4 is 5.73 Å². The first kappa shape index (κ1) is 5.72. The average Bonchev–Trinajstić information content (AvgIpc) is 1.87. The van der Waals surface area contributed by atoms with Crippen LogP contribution in [0.2, 0.25) is 0 Å². The number of nitrogens with two attached hydrogens (primary N) is 1. The predicted molar refractivity (Wildman–Crippen MR) is 38.0 cm³/mol. The van der Waals surface area contributed by atoms with E-state index in [0.29, 0.717) is 0 Å². The molecule has 2 bridgehead atoms. The molecular weight excluding hydrogens is 110 g/mol. The van der Waals surface area contributed by atoms with Gasteiger partial charge in [0.15, 0.2) is 0 Å². The van der Waals surface area contributed by atoms with E-state index < -0.39 is 0 Å². The van der Waals surface area contributed by atoms with Gasteiger partial charge < -0.3 is 5.73 Å². The Morgan fingerprint density at radius 3 is 1.89 bits per heavy atom. The van der Waals surface area contributed by atoms with Gasteiger partial charge in [-0.25, -0.2) is 0 Å². The molecule has 3 fully saturated rings. The highest BCUT2D eigenvalue weighted by atomic mass is 14.6. The summed E-state index contributed by atoms with van der Waals surface area (Å²) in [6.45, 7) is 0.938. The Bertz CT molecular complexity index is 95.1. The third kappa shape index (κ3) is 0.877. The van der Waals surface area contributed by atoms with E-state index >= 15 is 0 Å². The molecule has 3 saturated carbocycles. The smallest absolute Gasteiger partial charge is 0.00487 e. The van der Waals surface area contributed by atoms with Crippen molar-refractivity contribution in [2.75, 3.05) is 6.54 Å². The van der Waals surface area contributed by atoms with Crippen LogP contribution in [0, 0.1) is 17.8 Å². The van der Waals surface area contributed by atoms with Crippen LogP contribution in [0.15, 0.2) is 0 Å². The summed E-state index contributed by atoms with van der Waals surface area (Å²) in [5.41, 5.74) is 5.59. The van der Waals surface area contributed by atoms with Crippen molar-refractivity contribution in [1.29, 1.82) is 0 Å². The fourth-order valence-corrected chi connectivity index (χ4v) is 2.49. The highest BCUT2D eigenvalue weighted by Crippen LogP contribution is 2.47. The van der Waals surface area contributed by atoms with Gasteiger partial charge in [0.25, 0.3) is 0 Å². The lowest BCUT2D eigenvalue weighted by Gasteiger charge is -2.45. The first-order valence-electron chi connectivity index (χ1n) is 4.08. The Kier molecular flexibility index (Phi) is 1.26. The summed E-state index contributed by atoms with van der Waals surface area (Å²) in [6.07, 6.45) is 5.92. The Hall–Kier alpha value is -0.0400. The van der Waals surface area contributed by atoms with E-state index in [-0.39, 0.29) is 0 Å². The normalized spacial score (nSPS) is 48.3. The predicted octanol–water partition coefficient (Wildman–Crippen LogP) is 1.38. The Morgan fingerprint density at radius 2 is 1.56 bits per heavy atom. The molecule has 0 aromatic carbocycles. The molecule has 3 rings (SSSR count). The molecule has 2 N–H and O–H groups in total. The number of hydrogen-bond acceptors (Lipinski definition) is 1. The molecule has 3 aliphatic rings. The Labute approximate surface area is 56.6 Å². The zero-order valence-corrected chi connectivity index (χ0v) is 5.84. The van der Waals surface area contributed by atoms with E-state index in [1.165, 1.54) is 25.7 Å². The van der Waals surface area contributed by atoms with E-state index in [1.54, 1.807) is 0 Å². The topological polar surface area (TPSA) is 26.0 Å². The van der Waals surface area contributed by atoms with Crippen molar-refractivity contribution in [3.63, 3.8) is 0 Å². The summed E-state index contributed by atoms with van der Waals surface area (Å²) < 4.78 is 0. The molecule has 0 radical (unpaired) electrons. The molecule has 0 amide bonds. The second-order valence-corrected chi connectivity index (χ2v) is 3.78. The second kappa shape index (κ2) is 1.98. The molecule has 0 aliphatic heterocycles. The molecule has 0 aromatic heterocycles. The van der Waals surface area contributed by atoms with Crippen molar-refractivity contribution in [3.8, 4) is 0 Å². The molecule has 0 atom stereocenters. The molecule has 9 heavy (non-hydrogen) atoms. The quantitative estimate of drug-likeness (QED) is 0.563. The molecule has 0 heterocycles. The zero-order valence-electron chi connectivity index (χ0n) is 5.84. The van der Waals surface area contributed by atoms with Gasteiger partial charge in [0, 0.05) is 0 Å². The van der Waals surface area contributed by atoms with E-state index in [2.05, 4.69) is 0 Å². The maximum Gasteiger partial charge on any atom is -0.00487 e. The largest absolute Gasteiger partial charge is 0.330 e. The fraction of sp³-hybridized carbons (Fsp3) is 1.00. The van der Waals surface area contributed by atoms with Crippen molar-refractivity contribution >= 4 is 0 Å². The maximum atomic E-state index is 5.59. The minimum atomic E-state index is 0.891. The van der Waals surface area contributed by atoms with E-state index in [0.717, 1.165) is 24.3 Å². The van der Waals surface area contributed by atoms with Gasteiger partial charge in [-0.05, 0) is 50.0 Å². The van der Waals surface area contributed by atoms with Gasteiger partial charge in [-0.3, -0.25) is 0 Å². The van der Waals surface area contributed by atoms with Crippen molar-refractivity contribution in [3.05, 3.63) is 0 Å². The van der Waals surface area contributed by atoms with Crippen LogP contribution in [-0.2, 0) is 0 Å². The van der Waals surface area contributed by atoms with Crippen molar-refractivity contribution in [2.45, 2.75) is 25.7 Å². The molecule has 1 nitrogen and oxygen atoms in total. The summed E-state index contributed by atoms with van der Waals surface area (Å²) in [7, 11) is 0. The minimum absolute atomic E-state index is 0.891. The summed E-state index contributed by atoms with van der Waals surface area (Å²) in [6, 6.07) is 0. The summed E-state index contributed by atoms with van der Waals surface area (Å²) in [4.78, 5) is 0. The summed E-state index contributed by atoms with van der Waals surface area (Å²) in [5, 5.41) is 0.